The zero-order valence-corrected chi connectivity index (χ0v) is 7.73. The average Bonchev–Trinajstić information content (AvgIpc) is 2.64. The lowest BCUT2D eigenvalue weighted by atomic mass is 10.1. The molecule has 6 nitrogen and oxygen atoms in total. The van der Waals surface area contributed by atoms with Crippen molar-refractivity contribution in [3.63, 3.8) is 0 Å². The third-order valence-corrected chi connectivity index (χ3v) is 1.80. The monoisotopic (exact) mass is 198 g/mol. The number of rotatable bonds is 6. The van der Waals surface area contributed by atoms with Crippen molar-refractivity contribution in [2.75, 3.05) is 13.1 Å². The molecule has 0 saturated heterocycles. The topological polar surface area (TPSA) is 104 Å². The number of nitrogens with one attached hydrogen (secondary N) is 2. The molecule has 1 rings (SSSR count). The Balaban J connectivity index is 2.47. The van der Waals surface area contributed by atoms with Crippen molar-refractivity contribution in [2.24, 2.45) is 5.73 Å². The lowest BCUT2D eigenvalue weighted by molar-refractivity contribution is -0.139. The number of nitrogens with two attached hydrogens (primary N) is 1. The standard InChI is InChI=1S/C8H14N4O2/c9-1-2-11-7(8(13)14)3-6-4-10-5-12-6/h4-5,7,11H,1-3,9H2,(H,10,12)(H,13,14)/t7-/m1/s1. The van der Waals surface area contributed by atoms with Gasteiger partial charge in [0.2, 0.25) is 0 Å². The Bertz CT molecular complexity index is 273. The van der Waals surface area contributed by atoms with Crippen LogP contribution in [0.15, 0.2) is 12.5 Å². The summed E-state index contributed by atoms with van der Waals surface area (Å²) in [7, 11) is 0. The van der Waals surface area contributed by atoms with Crippen molar-refractivity contribution >= 4 is 5.97 Å². The van der Waals surface area contributed by atoms with Gasteiger partial charge in [0.05, 0.1) is 12.0 Å². The Morgan fingerprint density at radius 1 is 1.79 bits per heavy atom. The van der Waals surface area contributed by atoms with Crippen LogP contribution in [0.1, 0.15) is 5.69 Å². The summed E-state index contributed by atoms with van der Waals surface area (Å²) in [6.45, 7) is 0.908. The summed E-state index contributed by atoms with van der Waals surface area (Å²) in [5, 5.41) is 11.7. The van der Waals surface area contributed by atoms with E-state index in [0.29, 0.717) is 19.5 Å². The van der Waals surface area contributed by atoms with Crippen molar-refractivity contribution in [3.05, 3.63) is 18.2 Å². The van der Waals surface area contributed by atoms with Gasteiger partial charge in [-0.05, 0) is 0 Å². The smallest absolute Gasteiger partial charge is 0.321 e. The first-order valence-corrected chi connectivity index (χ1v) is 4.38. The van der Waals surface area contributed by atoms with Gasteiger partial charge in [-0.3, -0.25) is 4.79 Å². The van der Waals surface area contributed by atoms with Crippen LogP contribution in [0.3, 0.4) is 0 Å². The maximum atomic E-state index is 10.8. The van der Waals surface area contributed by atoms with Crippen LogP contribution in [0.4, 0.5) is 0 Å². The van der Waals surface area contributed by atoms with Crippen molar-refractivity contribution in [3.8, 4) is 0 Å². The minimum atomic E-state index is -0.888. The molecule has 0 aromatic carbocycles. The molecule has 0 aliphatic heterocycles. The Kier molecular flexibility index (Phi) is 4.09. The fraction of sp³-hybridized carbons (Fsp3) is 0.500. The van der Waals surface area contributed by atoms with Crippen LogP contribution in [0.25, 0.3) is 0 Å². The van der Waals surface area contributed by atoms with Gasteiger partial charge < -0.3 is 21.1 Å². The number of nitrogens with zero attached hydrogens (tertiary/aromatic N) is 1. The molecule has 0 aliphatic rings. The number of H-pyrrole nitrogens is 1. The first-order valence-electron chi connectivity index (χ1n) is 4.38. The van der Waals surface area contributed by atoms with Crippen LogP contribution in [0, 0.1) is 0 Å². The van der Waals surface area contributed by atoms with Crippen molar-refractivity contribution in [1.29, 1.82) is 0 Å². The summed E-state index contributed by atoms with van der Waals surface area (Å²) < 4.78 is 0. The van der Waals surface area contributed by atoms with Gasteiger partial charge in [-0.25, -0.2) is 4.98 Å². The molecule has 14 heavy (non-hydrogen) atoms. The fourth-order valence-electron chi connectivity index (χ4n) is 1.12. The number of aliphatic carboxylic acids is 1. The molecular weight excluding hydrogens is 184 g/mol. The van der Waals surface area contributed by atoms with Crippen LogP contribution < -0.4 is 11.1 Å². The molecule has 0 radical (unpaired) electrons. The molecular formula is C8H14N4O2. The van der Waals surface area contributed by atoms with E-state index in [1.54, 1.807) is 6.20 Å². The maximum absolute atomic E-state index is 10.8. The van der Waals surface area contributed by atoms with Gasteiger partial charge in [0, 0.05) is 25.7 Å². The Hall–Kier alpha value is -1.40. The number of carboxylic acids is 1. The van der Waals surface area contributed by atoms with Crippen LogP contribution in [0.2, 0.25) is 0 Å². The summed E-state index contributed by atoms with van der Waals surface area (Å²) in [5.41, 5.74) is 6.00. The Morgan fingerprint density at radius 2 is 2.57 bits per heavy atom. The number of carboxylic acid groups (broad SMARTS) is 1. The second-order valence-corrected chi connectivity index (χ2v) is 2.90. The molecule has 0 unspecified atom stereocenters. The van der Waals surface area contributed by atoms with Crippen LogP contribution in [-0.4, -0.2) is 40.2 Å². The van der Waals surface area contributed by atoms with E-state index >= 15 is 0 Å². The van der Waals surface area contributed by atoms with Crippen molar-refractivity contribution < 1.29 is 9.90 Å². The van der Waals surface area contributed by atoms with Crippen LogP contribution >= 0.6 is 0 Å². The number of aromatic nitrogens is 2. The lowest BCUT2D eigenvalue weighted by Crippen LogP contribution is -2.41. The predicted octanol–water partition coefficient (Wildman–Crippen LogP) is -1.05. The van der Waals surface area contributed by atoms with Crippen LogP contribution in [0.5, 0.6) is 0 Å². The summed E-state index contributed by atoms with van der Waals surface area (Å²) >= 11 is 0. The number of aromatic amines is 1. The predicted molar refractivity (Wildman–Crippen MR) is 50.8 cm³/mol. The molecule has 0 bridgehead atoms. The van der Waals surface area contributed by atoms with Gasteiger partial charge in [0.15, 0.2) is 0 Å². The highest BCUT2D eigenvalue weighted by Crippen LogP contribution is 1.98. The van der Waals surface area contributed by atoms with Crippen molar-refractivity contribution in [1.82, 2.24) is 15.3 Å². The third kappa shape index (κ3) is 3.15. The van der Waals surface area contributed by atoms with Gasteiger partial charge in [-0.15, -0.1) is 0 Å². The summed E-state index contributed by atoms with van der Waals surface area (Å²) in [5.74, 6) is -0.888. The molecule has 6 heteroatoms. The molecule has 1 heterocycles. The first-order chi connectivity index (χ1) is 6.74. The Labute approximate surface area is 81.5 Å². The molecule has 0 saturated carbocycles. The average molecular weight is 198 g/mol. The largest absolute Gasteiger partial charge is 0.480 e. The van der Waals surface area contributed by atoms with E-state index in [0.717, 1.165) is 5.69 Å². The number of imidazole rings is 1. The molecule has 0 fully saturated rings. The summed E-state index contributed by atoms with van der Waals surface area (Å²) in [6.07, 6.45) is 3.57. The van der Waals surface area contributed by atoms with Crippen LogP contribution in [-0.2, 0) is 11.2 Å². The van der Waals surface area contributed by atoms with E-state index in [-0.39, 0.29) is 0 Å². The van der Waals surface area contributed by atoms with Gasteiger partial charge in [0.25, 0.3) is 0 Å². The lowest BCUT2D eigenvalue weighted by Gasteiger charge is -2.11. The molecule has 1 atom stereocenters. The zero-order valence-electron chi connectivity index (χ0n) is 7.73. The molecule has 0 amide bonds. The molecule has 5 N–H and O–H groups in total. The molecule has 0 spiro atoms. The molecule has 1 aromatic heterocycles. The summed E-state index contributed by atoms with van der Waals surface area (Å²) in [4.78, 5) is 17.5. The van der Waals surface area contributed by atoms with Gasteiger partial charge in [-0.1, -0.05) is 0 Å². The van der Waals surface area contributed by atoms with E-state index < -0.39 is 12.0 Å². The molecule has 1 aromatic rings. The highest BCUT2D eigenvalue weighted by molar-refractivity contribution is 5.73. The second-order valence-electron chi connectivity index (χ2n) is 2.90. The maximum Gasteiger partial charge on any atom is 0.321 e. The minimum Gasteiger partial charge on any atom is -0.480 e. The highest BCUT2D eigenvalue weighted by atomic mass is 16.4. The third-order valence-electron chi connectivity index (χ3n) is 1.80. The van der Waals surface area contributed by atoms with Gasteiger partial charge >= 0.3 is 5.97 Å². The van der Waals surface area contributed by atoms with E-state index in [9.17, 15) is 4.79 Å². The number of hydrogen-bond acceptors (Lipinski definition) is 4. The van der Waals surface area contributed by atoms with Crippen molar-refractivity contribution in [2.45, 2.75) is 12.5 Å². The molecule has 78 valence electrons. The van der Waals surface area contributed by atoms with E-state index in [2.05, 4.69) is 15.3 Å². The normalized spacial score (nSPS) is 12.6. The number of hydrogen-bond donors (Lipinski definition) is 4. The quantitative estimate of drug-likeness (QED) is 0.467. The first kappa shape index (κ1) is 10.7. The number of carbonyl (C=O) groups is 1. The Morgan fingerprint density at radius 3 is 3.07 bits per heavy atom. The van der Waals surface area contributed by atoms with E-state index in [1.807, 2.05) is 0 Å². The molecule has 0 aliphatic carbocycles. The zero-order chi connectivity index (χ0) is 10.4. The summed E-state index contributed by atoms with van der Waals surface area (Å²) in [6, 6.07) is -0.623. The fourth-order valence-corrected chi connectivity index (χ4v) is 1.12. The minimum absolute atomic E-state index is 0.360. The van der Waals surface area contributed by atoms with Gasteiger partial charge in [-0.2, -0.15) is 0 Å². The van der Waals surface area contributed by atoms with E-state index in [4.69, 9.17) is 10.8 Å². The second kappa shape index (κ2) is 5.36. The highest BCUT2D eigenvalue weighted by Gasteiger charge is 2.17. The van der Waals surface area contributed by atoms with E-state index in [1.165, 1.54) is 6.33 Å². The van der Waals surface area contributed by atoms with Gasteiger partial charge in [0.1, 0.15) is 6.04 Å². The SMILES string of the molecule is NCCN[C@H](Cc1c[nH]cn1)C(=O)O.